The number of nitrogens with zero attached hydrogens (tertiary/aromatic N) is 1. The van der Waals surface area contributed by atoms with Crippen LogP contribution in [0.1, 0.15) is 12.0 Å². The van der Waals surface area contributed by atoms with Crippen molar-refractivity contribution in [2.75, 3.05) is 11.9 Å². The first-order chi connectivity index (χ1) is 7.18. The second-order valence-electron chi connectivity index (χ2n) is 3.65. The van der Waals surface area contributed by atoms with Crippen LogP contribution in [0.15, 0.2) is 17.1 Å². The van der Waals surface area contributed by atoms with E-state index in [1.165, 1.54) is 4.57 Å². The van der Waals surface area contributed by atoms with Crippen LogP contribution in [0.3, 0.4) is 0 Å². The SMILES string of the molecule is NC(=O)Cn1ccc2c(c1=O)NCCC2. The molecule has 1 amide bonds. The summed E-state index contributed by atoms with van der Waals surface area (Å²) >= 11 is 0. The Bertz CT molecular complexity index is 450. The third-order valence-electron chi connectivity index (χ3n) is 2.50. The van der Waals surface area contributed by atoms with Gasteiger partial charge in [-0.15, -0.1) is 0 Å². The van der Waals surface area contributed by atoms with E-state index in [0.717, 1.165) is 24.9 Å². The van der Waals surface area contributed by atoms with Crippen LogP contribution in [-0.4, -0.2) is 17.0 Å². The molecule has 1 aliphatic rings. The van der Waals surface area contributed by atoms with Gasteiger partial charge in [0.1, 0.15) is 12.2 Å². The van der Waals surface area contributed by atoms with Gasteiger partial charge in [-0.3, -0.25) is 9.59 Å². The number of fused-ring (bicyclic) bond motifs is 1. The molecule has 15 heavy (non-hydrogen) atoms. The topological polar surface area (TPSA) is 77.1 Å². The van der Waals surface area contributed by atoms with E-state index in [4.69, 9.17) is 5.73 Å². The largest absolute Gasteiger partial charge is 0.380 e. The second-order valence-corrected chi connectivity index (χ2v) is 3.65. The number of nitrogens with two attached hydrogens (primary N) is 1. The minimum absolute atomic E-state index is 0.0617. The molecule has 0 atom stereocenters. The van der Waals surface area contributed by atoms with Crippen LogP contribution < -0.4 is 16.6 Å². The number of carbonyl (C=O) groups is 1. The zero-order valence-electron chi connectivity index (χ0n) is 8.32. The van der Waals surface area contributed by atoms with E-state index in [1.54, 1.807) is 6.20 Å². The fraction of sp³-hybridized carbons (Fsp3) is 0.400. The van der Waals surface area contributed by atoms with Crippen molar-refractivity contribution in [1.82, 2.24) is 4.57 Å². The Labute approximate surface area is 86.9 Å². The molecule has 2 heterocycles. The molecule has 1 aromatic heterocycles. The van der Waals surface area contributed by atoms with Crippen LogP contribution in [0.4, 0.5) is 5.69 Å². The van der Waals surface area contributed by atoms with Crippen molar-refractivity contribution in [2.45, 2.75) is 19.4 Å². The lowest BCUT2D eigenvalue weighted by molar-refractivity contribution is -0.118. The Morgan fingerprint density at radius 1 is 1.60 bits per heavy atom. The summed E-state index contributed by atoms with van der Waals surface area (Å²) in [7, 11) is 0. The molecule has 80 valence electrons. The molecule has 0 radical (unpaired) electrons. The van der Waals surface area contributed by atoms with Gasteiger partial charge in [0, 0.05) is 12.7 Å². The summed E-state index contributed by atoms with van der Waals surface area (Å²) < 4.78 is 1.33. The van der Waals surface area contributed by atoms with Crippen LogP contribution in [0.5, 0.6) is 0 Å². The molecule has 1 aromatic rings. The van der Waals surface area contributed by atoms with Gasteiger partial charge < -0.3 is 15.6 Å². The van der Waals surface area contributed by atoms with Crippen molar-refractivity contribution in [1.29, 1.82) is 0 Å². The van der Waals surface area contributed by atoms with Crippen LogP contribution in [0.25, 0.3) is 0 Å². The minimum atomic E-state index is -0.507. The predicted octanol–water partition coefficient (Wildman–Crippen LogP) is -0.308. The Balaban J connectivity index is 2.43. The van der Waals surface area contributed by atoms with Gasteiger partial charge in [-0.05, 0) is 24.5 Å². The van der Waals surface area contributed by atoms with Crippen LogP contribution >= 0.6 is 0 Å². The number of aryl methyl sites for hydroxylation is 1. The number of pyridine rings is 1. The Hall–Kier alpha value is -1.78. The molecule has 3 N–H and O–H groups in total. The molecule has 0 spiro atoms. The van der Waals surface area contributed by atoms with Crippen molar-refractivity contribution in [3.05, 3.63) is 28.2 Å². The van der Waals surface area contributed by atoms with Gasteiger partial charge in [-0.2, -0.15) is 0 Å². The number of primary amides is 1. The summed E-state index contributed by atoms with van der Waals surface area (Å²) in [5, 5.41) is 3.06. The molecular weight excluding hydrogens is 194 g/mol. The first-order valence-corrected chi connectivity index (χ1v) is 4.93. The minimum Gasteiger partial charge on any atom is -0.380 e. The van der Waals surface area contributed by atoms with Gasteiger partial charge in [0.15, 0.2) is 0 Å². The number of anilines is 1. The third kappa shape index (κ3) is 1.86. The van der Waals surface area contributed by atoms with Gasteiger partial charge in [-0.25, -0.2) is 0 Å². The van der Waals surface area contributed by atoms with Gasteiger partial charge in [0.25, 0.3) is 5.56 Å². The molecule has 0 unspecified atom stereocenters. The lowest BCUT2D eigenvalue weighted by atomic mass is 10.1. The van der Waals surface area contributed by atoms with Crippen LogP contribution in [0.2, 0.25) is 0 Å². The van der Waals surface area contributed by atoms with E-state index < -0.39 is 5.91 Å². The molecular formula is C10H13N3O2. The van der Waals surface area contributed by atoms with Gasteiger partial charge in [0.2, 0.25) is 5.91 Å². The first-order valence-electron chi connectivity index (χ1n) is 4.93. The van der Waals surface area contributed by atoms with Crippen molar-refractivity contribution in [3.8, 4) is 0 Å². The quantitative estimate of drug-likeness (QED) is 0.698. The fourth-order valence-electron chi connectivity index (χ4n) is 1.79. The summed E-state index contributed by atoms with van der Waals surface area (Å²) in [6.07, 6.45) is 3.57. The maximum atomic E-state index is 11.8. The number of aromatic nitrogens is 1. The van der Waals surface area contributed by atoms with E-state index in [9.17, 15) is 9.59 Å². The third-order valence-corrected chi connectivity index (χ3v) is 2.50. The van der Waals surface area contributed by atoms with Crippen molar-refractivity contribution >= 4 is 11.6 Å². The highest BCUT2D eigenvalue weighted by Crippen LogP contribution is 2.16. The molecule has 0 saturated carbocycles. The standard InChI is InChI=1S/C10H13N3O2/c11-8(14)6-13-5-3-7-2-1-4-12-9(7)10(13)15/h3,5,12H,1-2,4,6H2,(H2,11,14). The number of hydrogen-bond donors (Lipinski definition) is 2. The molecule has 0 saturated heterocycles. The van der Waals surface area contributed by atoms with Gasteiger partial charge in [0.05, 0.1) is 0 Å². The fourth-order valence-corrected chi connectivity index (χ4v) is 1.79. The van der Waals surface area contributed by atoms with E-state index in [2.05, 4.69) is 5.32 Å². The second kappa shape index (κ2) is 3.76. The summed E-state index contributed by atoms with van der Waals surface area (Å²) in [6.45, 7) is 0.747. The molecule has 0 fully saturated rings. The van der Waals surface area contributed by atoms with Crippen molar-refractivity contribution in [2.24, 2.45) is 5.73 Å². The smallest absolute Gasteiger partial charge is 0.274 e. The van der Waals surface area contributed by atoms with Gasteiger partial charge in [-0.1, -0.05) is 0 Å². The van der Waals surface area contributed by atoms with Crippen molar-refractivity contribution in [3.63, 3.8) is 0 Å². The zero-order chi connectivity index (χ0) is 10.8. The van der Waals surface area contributed by atoms with E-state index in [1.807, 2.05) is 6.07 Å². The highest BCUT2D eigenvalue weighted by molar-refractivity contribution is 5.73. The van der Waals surface area contributed by atoms with E-state index in [-0.39, 0.29) is 12.1 Å². The molecule has 5 heteroatoms. The number of rotatable bonds is 2. The highest BCUT2D eigenvalue weighted by atomic mass is 16.2. The lowest BCUT2D eigenvalue weighted by Crippen LogP contribution is -2.31. The maximum Gasteiger partial charge on any atom is 0.274 e. The Morgan fingerprint density at radius 2 is 2.40 bits per heavy atom. The average molecular weight is 207 g/mol. The number of nitrogens with one attached hydrogen (secondary N) is 1. The molecule has 0 aliphatic carbocycles. The normalized spacial score (nSPS) is 14.1. The highest BCUT2D eigenvalue weighted by Gasteiger charge is 2.13. The van der Waals surface area contributed by atoms with Crippen molar-refractivity contribution < 1.29 is 4.79 Å². The summed E-state index contributed by atoms with van der Waals surface area (Å²) in [4.78, 5) is 22.6. The molecule has 0 aromatic carbocycles. The van der Waals surface area contributed by atoms with Gasteiger partial charge >= 0.3 is 0 Å². The molecule has 5 nitrogen and oxygen atoms in total. The lowest BCUT2D eigenvalue weighted by Gasteiger charge is -2.18. The van der Waals surface area contributed by atoms with E-state index in [0.29, 0.717) is 5.69 Å². The van der Waals surface area contributed by atoms with Crippen LogP contribution in [0, 0.1) is 0 Å². The maximum absolute atomic E-state index is 11.8. The Morgan fingerprint density at radius 3 is 3.13 bits per heavy atom. The van der Waals surface area contributed by atoms with Crippen LogP contribution in [-0.2, 0) is 17.8 Å². The summed E-state index contributed by atoms with van der Waals surface area (Å²) in [6, 6.07) is 1.87. The summed E-state index contributed by atoms with van der Waals surface area (Å²) in [5.41, 5.74) is 6.53. The number of carbonyl (C=O) groups excluding carboxylic acids is 1. The Kier molecular flexibility index (Phi) is 2.45. The molecule has 1 aliphatic heterocycles. The molecule has 0 bridgehead atoms. The molecule has 2 rings (SSSR count). The zero-order valence-corrected chi connectivity index (χ0v) is 8.32. The summed E-state index contributed by atoms with van der Waals surface area (Å²) in [5.74, 6) is -0.507. The first kappa shape index (κ1) is 9.76. The number of hydrogen-bond acceptors (Lipinski definition) is 3. The monoisotopic (exact) mass is 207 g/mol. The average Bonchev–Trinajstić information content (AvgIpc) is 2.22. The van der Waals surface area contributed by atoms with E-state index >= 15 is 0 Å². The predicted molar refractivity (Wildman–Crippen MR) is 56.7 cm³/mol. The number of amides is 1.